The van der Waals surface area contributed by atoms with Crippen LogP contribution in [0, 0.1) is 12.8 Å². The third-order valence-electron chi connectivity index (χ3n) is 5.60. The lowest BCUT2D eigenvalue weighted by Gasteiger charge is -2.34. The van der Waals surface area contributed by atoms with Crippen LogP contribution in [-0.4, -0.2) is 33.2 Å². The van der Waals surface area contributed by atoms with Crippen LogP contribution in [0.5, 0.6) is 0 Å². The number of aryl methyl sites for hydroxylation is 1. The minimum Gasteiger partial charge on any atom is -0.361 e. The maximum absolute atomic E-state index is 12.3. The first-order valence-corrected chi connectivity index (χ1v) is 9.69. The lowest BCUT2D eigenvalue weighted by atomic mass is 9.78. The average Bonchev–Trinajstić information content (AvgIpc) is 3.27. The molecular formula is C19H25N5O3. The Morgan fingerprint density at radius 1 is 1.19 bits per heavy atom. The molecule has 0 saturated heterocycles. The summed E-state index contributed by atoms with van der Waals surface area (Å²) in [5.74, 6) is 1.50. The van der Waals surface area contributed by atoms with E-state index >= 15 is 0 Å². The van der Waals surface area contributed by atoms with E-state index in [4.69, 9.17) is 4.52 Å². The van der Waals surface area contributed by atoms with Crippen molar-refractivity contribution in [1.82, 2.24) is 20.7 Å². The smallest absolute Gasteiger partial charge is 0.273 e. The summed E-state index contributed by atoms with van der Waals surface area (Å²) >= 11 is 0. The predicted octanol–water partition coefficient (Wildman–Crippen LogP) is 2.90. The van der Waals surface area contributed by atoms with Crippen LogP contribution in [0.2, 0.25) is 0 Å². The first-order valence-electron chi connectivity index (χ1n) is 9.69. The summed E-state index contributed by atoms with van der Waals surface area (Å²) in [5, 5.41) is 16.9. The number of hydrogen-bond donors (Lipinski definition) is 3. The number of carbonyl (C=O) groups is 2. The number of anilines is 1. The second-order valence-corrected chi connectivity index (χ2v) is 7.69. The second-order valence-electron chi connectivity index (χ2n) is 7.69. The van der Waals surface area contributed by atoms with Crippen LogP contribution < -0.4 is 10.6 Å². The minimum absolute atomic E-state index is 0.0782. The summed E-state index contributed by atoms with van der Waals surface area (Å²) < 4.78 is 4.93. The van der Waals surface area contributed by atoms with E-state index in [1.54, 1.807) is 13.0 Å². The van der Waals surface area contributed by atoms with Gasteiger partial charge < -0.3 is 15.2 Å². The van der Waals surface area contributed by atoms with Gasteiger partial charge in [0.2, 0.25) is 5.91 Å². The highest BCUT2D eigenvalue weighted by molar-refractivity contribution is 5.92. The third-order valence-corrected chi connectivity index (χ3v) is 5.60. The van der Waals surface area contributed by atoms with Crippen molar-refractivity contribution in [1.29, 1.82) is 0 Å². The number of H-pyrrole nitrogens is 1. The van der Waals surface area contributed by atoms with Crippen molar-refractivity contribution < 1.29 is 14.1 Å². The Bertz CT molecular complexity index is 815. The quantitative estimate of drug-likeness (QED) is 0.748. The fraction of sp³-hybridized carbons (Fsp3) is 0.579. The summed E-state index contributed by atoms with van der Waals surface area (Å²) in [6.45, 7) is 1.76. The van der Waals surface area contributed by atoms with Crippen molar-refractivity contribution in [3.05, 3.63) is 29.3 Å². The molecule has 2 fully saturated rings. The van der Waals surface area contributed by atoms with Crippen LogP contribution in [0.15, 0.2) is 16.7 Å². The fourth-order valence-corrected chi connectivity index (χ4v) is 3.93. The van der Waals surface area contributed by atoms with E-state index in [-0.39, 0.29) is 23.8 Å². The van der Waals surface area contributed by atoms with E-state index in [0.717, 1.165) is 44.2 Å². The zero-order valence-electron chi connectivity index (χ0n) is 15.5. The molecule has 2 aromatic heterocycles. The van der Waals surface area contributed by atoms with Gasteiger partial charge in [0.1, 0.15) is 5.76 Å². The maximum Gasteiger partial charge on any atom is 0.273 e. The molecule has 144 valence electrons. The van der Waals surface area contributed by atoms with E-state index in [1.807, 2.05) is 6.07 Å². The molecule has 2 heterocycles. The van der Waals surface area contributed by atoms with Gasteiger partial charge in [-0.1, -0.05) is 24.4 Å². The van der Waals surface area contributed by atoms with Crippen LogP contribution in [0.1, 0.15) is 72.8 Å². The van der Waals surface area contributed by atoms with Gasteiger partial charge in [0.15, 0.2) is 11.5 Å². The van der Waals surface area contributed by atoms with Gasteiger partial charge in [-0.15, -0.1) is 0 Å². The highest BCUT2D eigenvalue weighted by Gasteiger charge is 2.33. The number of amides is 2. The molecule has 0 radical (unpaired) electrons. The van der Waals surface area contributed by atoms with Crippen molar-refractivity contribution in [3.63, 3.8) is 0 Å². The number of nitrogens with zero attached hydrogens (tertiary/aromatic N) is 2. The van der Waals surface area contributed by atoms with Crippen molar-refractivity contribution in [3.8, 4) is 0 Å². The molecule has 8 heteroatoms. The average molecular weight is 371 g/mol. The molecule has 8 nitrogen and oxygen atoms in total. The molecule has 4 rings (SSSR count). The normalized spacial score (nSPS) is 22.9. The van der Waals surface area contributed by atoms with E-state index in [9.17, 15) is 9.59 Å². The third kappa shape index (κ3) is 4.04. The Kier molecular flexibility index (Phi) is 4.96. The van der Waals surface area contributed by atoms with Crippen LogP contribution in [0.3, 0.4) is 0 Å². The van der Waals surface area contributed by atoms with E-state index < -0.39 is 0 Å². The molecule has 0 aliphatic heterocycles. The lowest BCUT2D eigenvalue weighted by Crippen LogP contribution is -2.43. The zero-order chi connectivity index (χ0) is 18.8. The number of aromatic nitrogens is 3. The monoisotopic (exact) mass is 371 g/mol. The molecule has 3 N–H and O–H groups in total. The Hall–Kier alpha value is -2.64. The topological polar surface area (TPSA) is 113 Å². The van der Waals surface area contributed by atoms with Gasteiger partial charge in [-0.2, -0.15) is 5.10 Å². The summed E-state index contributed by atoms with van der Waals surface area (Å²) in [6, 6.07) is 3.65. The highest BCUT2D eigenvalue weighted by atomic mass is 16.5. The van der Waals surface area contributed by atoms with Crippen LogP contribution >= 0.6 is 0 Å². The fourth-order valence-electron chi connectivity index (χ4n) is 3.93. The number of rotatable bonds is 5. The molecule has 0 bridgehead atoms. The van der Waals surface area contributed by atoms with E-state index in [2.05, 4.69) is 26.0 Å². The molecule has 0 spiro atoms. The van der Waals surface area contributed by atoms with Crippen LogP contribution in [0.25, 0.3) is 0 Å². The number of nitrogens with one attached hydrogen (secondary N) is 3. The second kappa shape index (κ2) is 7.54. The number of hydrogen-bond acceptors (Lipinski definition) is 5. The van der Waals surface area contributed by atoms with Crippen molar-refractivity contribution in [2.75, 3.05) is 5.32 Å². The number of carbonyl (C=O) groups excluding carboxylic acids is 2. The molecule has 0 unspecified atom stereocenters. The van der Waals surface area contributed by atoms with Crippen molar-refractivity contribution in [2.24, 2.45) is 5.92 Å². The molecular weight excluding hydrogens is 346 g/mol. The summed E-state index contributed by atoms with van der Waals surface area (Å²) in [5.41, 5.74) is 1.31. The highest BCUT2D eigenvalue weighted by Crippen LogP contribution is 2.37. The molecule has 0 aromatic carbocycles. The summed E-state index contributed by atoms with van der Waals surface area (Å²) in [4.78, 5) is 24.4. The molecule has 27 heavy (non-hydrogen) atoms. The Labute approximate surface area is 157 Å². The van der Waals surface area contributed by atoms with Gasteiger partial charge in [0, 0.05) is 35.7 Å². The van der Waals surface area contributed by atoms with Crippen molar-refractivity contribution >= 4 is 17.6 Å². The van der Waals surface area contributed by atoms with Gasteiger partial charge in [0.25, 0.3) is 5.91 Å². The standard InChI is InChI=1S/C19H25N5O3/c1-11-7-16(24-27-11)19(26)20-14-8-13(9-14)15-10-17(23-22-15)21-18(25)12-5-3-2-4-6-12/h7,10,12-14H,2-6,8-9H2,1H3,(H,20,26)(H2,21,22,23,25). The Morgan fingerprint density at radius 2 is 1.96 bits per heavy atom. The SMILES string of the molecule is Cc1cc(C(=O)NC2CC(c3cc(NC(=O)C4CCCCC4)n[nH]3)C2)no1. The molecule has 2 aliphatic carbocycles. The molecule has 0 atom stereocenters. The molecule has 2 saturated carbocycles. The summed E-state index contributed by atoms with van der Waals surface area (Å²) in [6.07, 6.45) is 7.10. The first-order chi connectivity index (χ1) is 13.1. The largest absolute Gasteiger partial charge is 0.361 e. The summed E-state index contributed by atoms with van der Waals surface area (Å²) in [7, 11) is 0. The van der Waals surface area contributed by atoms with Gasteiger partial charge in [-0.25, -0.2) is 0 Å². The van der Waals surface area contributed by atoms with Crippen molar-refractivity contribution in [2.45, 2.75) is 63.8 Å². The minimum atomic E-state index is -0.208. The van der Waals surface area contributed by atoms with Gasteiger partial charge >= 0.3 is 0 Å². The van der Waals surface area contributed by atoms with Gasteiger partial charge in [0.05, 0.1) is 0 Å². The molecule has 2 amide bonds. The van der Waals surface area contributed by atoms with E-state index in [0.29, 0.717) is 23.2 Å². The van der Waals surface area contributed by atoms with Gasteiger partial charge in [-0.3, -0.25) is 14.7 Å². The Balaban J connectivity index is 1.25. The lowest BCUT2D eigenvalue weighted by molar-refractivity contribution is -0.120. The first kappa shape index (κ1) is 17.8. The molecule has 2 aliphatic rings. The predicted molar refractivity (Wildman–Crippen MR) is 98.3 cm³/mol. The Morgan fingerprint density at radius 3 is 2.67 bits per heavy atom. The zero-order valence-corrected chi connectivity index (χ0v) is 15.5. The van der Waals surface area contributed by atoms with Crippen LogP contribution in [-0.2, 0) is 4.79 Å². The molecule has 2 aromatic rings. The number of aromatic amines is 1. The van der Waals surface area contributed by atoms with E-state index in [1.165, 1.54) is 6.42 Å². The maximum atomic E-state index is 12.3. The van der Waals surface area contributed by atoms with Gasteiger partial charge in [-0.05, 0) is 32.6 Å². The van der Waals surface area contributed by atoms with Crippen LogP contribution in [0.4, 0.5) is 5.82 Å².